The molecule has 0 spiro atoms. The Labute approximate surface area is 100 Å². The van der Waals surface area contributed by atoms with Gasteiger partial charge in [0.25, 0.3) is 0 Å². The fourth-order valence-corrected chi connectivity index (χ4v) is 1.54. The molecule has 92 valence electrons. The summed E-state index contributed by atoms with van der Waals surface area (Å²) < 4.78 is 6.97. The zero-order valence-electron chi connectivity index (χ0n) is 9.96. The van der Waals surface area contributed by atoms with Crippen LogP contribution in [0.3, 0.4) is 0 Å². The van der Waals surface area contributed by atoms with Crippen LogP contribution in [-0.2, 0) is 19.5 Å². The molecule has 0 unspecified atom stereocenters. The van der Waals surface area contributed by atoms with Crippen molar-refractivity contribution >= 4 is 0 Å². The number of rotatable bonds is 7. The highest BCUT2D eigenvalue weighted by atomic mass is 16.5. The molecule has 6 nitrogen and oxygen atoms in total. The highest BCUT2D eigenvalue weighted by Gasteiger charge is 2.01. The average Bonchev–Trinajstić information content (AvgIpc) is 2.98. The monoisotopic (exact) mass is 235 g/mol. The van der Waals surface area contributed by atoms with E-state index in [2.05, 4.69) is 27.4 Å². The van der Waals surface area contributed by atoms with E-state index in [1.165, 1.54) is 6.33 Å². The second kappa shape index (κ2) is 6.15. The second-order valence-corrected chi connectivity index (χ2v) is 3.86. The van der Waals surface area contributed by atoms with Gasteiger partial charge in [-0.25, -0.2) is 4.98 Å². The Bertz CT molecular complexity index is 423. The van der Waals surface area contributed by atoms with Crippen molar-refractivity contribution in [3.8, 4) is 0 Å². The lowest BCUT2D eigenvalue weighted by molar-refractivity contribution is 0.371. The van der Waals surface area contributed by atoms with Gasteiger partial charge in [-0.05, 0) is 13.0 Å². The maximum Gasteiger partial charge on any atom is 0.228 e. The number of nitrogens with one attached hydrogen (secondary N) is 1. The third-order valence-electron chi connectivity index (χ3n) is 2.41. The molecule has 2 aromatic rings. The van der Waals surface area contributed by atoms with Crippen molar-refractivity contribution in [3.05, 3.63) is 30.4 Å². The van der Waals surface area contributed by atoms with Crippen molar-refractivity contribution in [1.82, 2.24) is 25.0 Å². The first-order valence-corrected chi connectivity index (χ1v) is 5.85. The molecule has 0 saturated carbocycles. The molecule has 17 heavy (non-hydrogen) atoms. The summed E-state index contributed by atoms with van der Waals surface area (Å²) in [5.41, 5.74) is 1.06. The molecular formula is C11H17N5O. The van der Waals surface area contributed by atoms with E-state index in [0.29, 0.717) is 5.89 Å². The SMILES string of the molecule is CCCNCc1cn(CCc2ncno2)cn1. The lowest BCUT2D eigenvalue weighted by Crippen LogP contribution is -2.13. The number of hydrogen-bond donors (Lipinski definition) is 1. The van der Waals surface area contributed by atoms with Crippen LogP contribution in [0, 0.1) is 0 Å². The zero-order valence-corrected chi connectivity index (χ0v) is 9.96. The highest BCUT2D eigenvalue weighted by molar-refractivity contribution is 4.96. The van der Waals surface area contributed by atoms with Gasteiger partial charge < -0.3 is 14.4 Å². The molecule has 6 heteroatoms. The van der Waals surface area contributed by atoms with Gasteiger partial charge in [-0.2, -0.15) is 4.98 Å². The van der Waals surface area contributed by atoms with Crippen LogP contribution in [0.1, 0.15) is 24.9 Å². The maximum atomic E-state index is 4.93. The number of nitrogens with zero attached hydrogens (tertiary/aromatic N) is 4. The Kier molecular flexibility index (Phi) is 4.26. The highest BCUT2D eigenvalue weighted by Crippen LogP contribution is 2.00. The minimum Gasteiger partial charge on any atom is -0.340 e. The Morgan fingerprint density at radius 2 is 2.35 bits per heavy atom. The van der Waals surface area contributed by atoms with Crippen LogP contribution in [0.25, 0.3) is 0 Å². The molecule has 0 fully saturated rings. The second-order valence-electron chi connectivity index (χ2n) is 3.86. The summed E-state index contributed by atoms with van der Waals surface area (Å²) in [6.07, 6.45) is 7.16. The van der Waals surface area contributed by atoms with Crippen LogP contribution >= 0.6 is 0 Å². The van der Waals surface area contributed by atoms with Crippen molar-refractivity contribution in [1.29, 1.82) is 0 Å². The van der Waals surface area contributed by atoms with E-state index in [4.69, 9.17) is 4.52 Å². The first kappa shape index (κ1) is 11.8. The lowest BCUT2D eigenvalue weighted by Gasteiger charge is -1.99. The summed E-state index contributed by atoms with van der Waals surface area (Å²) in [5, 5.41) is 6.89. The zero-order chi connectivity index (χ0) is 11.9. The summed E-state index contributed by atoms with van der Waals surface area (Å²) >= 11 is 0. The minimum atomic E-state index is 0.657. The van der Waals surface area contributed by atoms with Crippen LogP contribution in [0.15, 0.2) is 23.4 Å². The molecule has 0 aliphatic rings. The number of hydrogen-bond acceptors (Lipinski definition) is 5. The number of aryl methyl sites for hydroxylation is 2. The number of aromatic nitrogens is 4. The first-order chi connectivity index (χ1) is 8.38. The molecule has 2 heterocycles. The predicted octanol–water partition coefficient (Wildman–Crippen LogP) is 1.01. The smallest absolute Gasteiger partial charge is 0.228 e. The summed E-state index contributed by atoms with van der Waals surface area (Å²) in [6.45, 7) is 4.80. The van der Waals surface area contributed by atoms with E-state index in [1.807, 2.05) is 17.1 Å². The molecule has 0 amide bonds. The average molecular weight is 235 g/mol. The molecule has 0 saturated heterocycles. The molecule has 2 aromatic heterocycles. The van der Waals surface area contributed by atoms with Crippen molar-refractivity contribution in [2.45, 2.75) is 32.9 Å². The molecule has 0 aromatic carbocycles. The fraction of sp³-hybridized carbons (Fsp3) is 0.545. The van der Waals surface area contributed by atoms with Crippen molar-refractivity contribution in [2.75, 3.05) is 6.54 Å². The van der Waals surface area contributed by atoms with Gasteiger partial charge in [0.2, 0.25) is 5.89 Å². The summed E-state index contributed by atoms with van der Waals surface area (Å²) in [5.74, 6) is 0.657. The summed E-state index contributed by atoms with van der Waals surface area (Å²) in [4.78, 5) is 8.30. The Morgan fingerprint density at radius 3 is 3.12 bits per heavy atom. The molecule has 0 aliphatic heterocycles. The first-order valence-electron chi connectivity index (χ1n) is 5.85. The third-order valence-corrected chi connectivity index (χ3v) is 2.41. The maximum absolute atomic E-state index is 4.93. The molecular weight excluding hydrogens is 218 g/mol. The van der Waals surface area contributed by atoms with Gasteiger partial charge >= 0.3 is 0 Å². The van der Waals surface area contributed by atoms with Crippen LogP contribution in [0.5, 0.6) is 0 Å². The van der Waals surface area contributed by atoms with Gasteiger partial charge in [0.05, 0.1) is 12.0 Å². The minimum absolute atomic E-state index is 0.657. The Hall–Kier alpha value is -1.69. The molecule has 1 N–H and O–H groups in total. The quantitative estimate of drug-likeness (QED) is 0.725. The summed E-state index contributed by atoms with van der Waals surface area (Å²) in [6, 6.07) is 0. The Balaban J connectivity index is 1.77. The van der Waals surface area contributed by atoms with Gasteiger partial charge in [-0.15, -0.1) is 0 Å². The fourth-order valence-electron chi connectivity index (χ4n) is 1.54. The molecule has 0 bridgehead atoms. The Morgan fingerprint density at radius 1 is 1.41 bits per heavy atom. The lowest BCUT2D eigenvalue weighted by atomic mass is 10.4. The van der Waals surface area contributed by atoms with E-state index in [9.17, 15) is 0 Å². The van der Waals surface area contributed by atoms with Crippen molar-refractivity contribution in [2.24, 2.45) is 0 Å². The van der Waals surface area contributed by atoms with Crippen molar-refractivity contribution in [3.63, 3.8) is 0 Å². The molecule has 0 atom stereocenters. The van der Waals surface area contributed by atoms with Gasteiger partial charge in [-0.3, -0.25) is 0 Å². The van der Waals surface area contributed by atoms with E-state index >= 15 is 0 Å². The molecule has 2 rings (SSSR count). The largest absolute Gasteiger partial charge is 0.340 e. The topological polar surface area (TPSA) is 68.8 Å². The van der Waals surface area contributed by atoms with Crippen LogP contribution < -0.4 is 5.32 Å². The molecule has 0 aliphatic carbocycles. The standard InChI is InChI=1S/C11H17N5O/c1-2-4-12-6-10-7-16(9-14-10)5-3-11-13-8-15-17-11/h7-9,12H,2-6H2,1H3. The van der Waals surface area contributed by atoms with Crippen LogP contribution in [0.4, 0.5) is 0 Å². The van der Waals surface area contributed by atoms with Gasteiger partial charge in [0, 0.05) is 25.7 Å². The predicted molar refractivity (Wildman–Crippen MR) is 62.2 cm³/mol. The van der Waals surface area contributed by atoms with Gasteiger partial charge in [-0.1, -0.05) is 12.1 Å². The summed E-state index contributed by atoms with van der Waals surface area (Å²) in [7, 11) is 0. The van der Waals surface area contributed by atoms with E-state index in [-0.39, 0.29) is 0 Å². The van der Waals surface area contributed by atoms with Gasteiger partial charge in [0.1, 0.15) is 0 Å². The van der Waals surface area contributed by atoms with Crippen LogP contribution in [0.2, 0.25) is 0 Å². The molecule has 0 radical (unpaired) electrons. The van der Waals surface area contributed by atoms with E-state index < -0.39 is 0 Å². The van der Waals surface area contributed by atoms with Crippen LogP contribution in [-0.4, -0.2) is 26.2 Å². The normalized spacial score (nSPS) is 10.9. The third kappa shape index (κ3) is 3.67. The van der Waals surface area contributed by atoms with E-state index in [1.54, 1.807) is 0 Å². The van der Waals surface area contributed by atoms with Crippen molar-refractivity contribution < 1.29 is 4.52 Å². The van der Waals surface area contributed by atoms with Gasteiger partial charge in [0.15, 0.2) is 6.33 Å². The number of imidazole rings is 1. The van der Waals surface area contributed by atoms with E-state index in [0.717, 1.165) is 38.2 Å².